The smallest absolute Gasteiger partial charge is 0.254 e. The van der Waals surface area contributed by atoms with Crippen LogP contribution in [0.4, 0.5) is 0 Å². The van der Waals surface area contributed by atoms with Gasteiger partial charge in [-0.3, -0.25) is 9.89 Å². The summed E-state index contributed by atoms with van der Waals surface area (Å²) in [6, 6.07) is 7.57. The molecule has 2 rings (SSSR count). The molecule has 0 saturated heterocycles. The highest BCUT2D eigenvalue weighted by atomic mass is 16.2. The third kappa shape index (κ3) is 4.20. The van der Waals surface area contributed by atoms with Crippen molar-refractivity contribution in [2.24, 2.45) is 0 Å². The maximum atomic E-state index is 11.9. The number of amides is 1. The highest BCUT2D eigenvalue weighted by Crippen LogP contribution is 2.13. The summed E-state index contributed by atoms with van der Waals surface area (Å²) in [7, 11) is 0. The molecule has 0 aliphatic heterocycles. The van der Waals surface area contributed by atoms with Gasteiger partial charge in [-0.1, -0.05) is 24.0 Å². The molecule has 0 bridgehead atoms. The summed E-state index contributed by atoms with van der Waals surface area (Å²) in [5.41, 5.74) is 2.40. The van der Waals surface area contributed by atoms with Crippen molar-refractivity contribution in [3.63, 3.8) is 0 Å². The van der Waals surface area contributed by atoms with Gasteiger partial charge in [0, 0.05) is 18.2 Å². The Morgan fingerprint density at radius 3 is 2.81 bits per heavy atom. The zero-order valence-corrected chi connectivity index (χ0v) is 11.8. The molecule has 1 heterocycles. The highest BCUT2D eigenvalue weighted by molar-refractivity contribution is 5.93. The summed E-state index contributed by atoms with van der Waals surface area (Å²) < 4.78 is 0. The number of H-pyrrole nitrogens is 1. The summed E-state index contributed by atoms with van der Waals surface area (Å²) in [6.45, 7) is 1.99. The predicted molar refractivity (Wildman–Crippen MR) is 79.5 cm³/mol. The number of aromatic nitrogens is 2. The fraction of sp³-hybridized carbons (Fsp3) is 0.250. The molecule has 0 radical (unpaired) electrons. The molecule has 0 saturated carbocycles. The number of carbonyl (C=O) groups is 1. The average Bonchev–Trinajstić information content (AvgIpc) is 3.02. The molecule has 5 heteroatoms. The monoisotopic (exact) mass is 283 g/mol. The van der Waals surface area contributed by atoms with Crippen LogP contribution in [0.3, 0.4) is 0 Å². The van der Waals surface area contributed by atoms with Crippen LogP contribution in [0.1, 0.15) is 40.9 Å². The molecule has 3 N–H and O–H groups in total. The first-order chi connectivity index (χ1) is 10.2. The average molecular weight is 283 g/mol. The second kappa shape index (κ2) is 7.27. The van der Waals surface area contributed by atoms with Crippen LogP contribution < -0.4 is 5.32 Å². The van der Waals surface area contributed by atoms with Crippen molar-refractivity contribution in [2.75, 3.05) is 6.61 Å². The van der Waals surface area contributed by atoms with E-state index in [1.807, 2.05) is 31.2 Å². The van der Waals surface area contributed by atoms with Crippen molar-refractivity contribution in [3.05, 3.63) is 53.3 Å². The van der Waals surface area contributed by atoms with Crippen LogP contribution >= 0.6 is 0 Å². The largest absolute Gasteiger partial charge is 0.395 e. The highest BCUT2D eigenvalue weighted by Gasteiger charge is 2.11. The van der Waals surface area contributed by atoms with Gasteiger partial charge in [0.2, 0.25) is 0 Å². The zero-order chi connectivity index (χ0) is 15.1. The predicted octanol–water partition coefficient (Wildman–Crippen LogP) is 1.63. The van der Waals surface area contributed by atoms with Gasteiger partial charge in [0.05, 0.1) is 24.4 Å². The van der Waals surface area contributed by atoms with E-state index in [9.17, 15) is 4.79 Å². The molecule has 1 amide bonds. The Bertz CT molecular complexity index is 636. The van der Waals surface area contributed by atoms with Crippen molar-refractivity contribution in [2.45, 2.75) is 19.4 Å². The van der Waals surface area contributed by atoms with Crippen molar-refractivity contribution in [1.29, 1.82) is 0 Å². The molecule has 0 fully saturated rings. The van der Waals surface area contributed by atoms with Gasteiger partial charge in [0.25, 0.3) is 5.91 Å². The third-order valence-corrected chi connectivity index (χ3v) is 2.99. The van der Waals surface area contributed by atoms with E-state index in [2.05, 4.69) is 27.4 Å². The molecular weight excluding hydrogens is 266 g/mol. The Morgan fingerprint density at radius 1 is 1.43 bits per heavy atom. The second-order valence-electron chi connectivity index (χ2n) is 4.58. The van der Waals surface area contributed by atoms with E-state index in [-0.39, 0.29) is 18.6 Å². The van der Waals surface area contributed by atoms with E-state index >= 15 is 0 Å². The number of hydrogen-bond donors (Lipinski definition) is 3. The Balaban J connectivity index is 1.98. The van der Waals surface area contributed by atoms with Crippen molar-refractivity contribution in [3.8, 4) is 11.8 Å². The molecule has 1 aromatic heterocycles. The number of aromatic amines is 1. The van der Waals surface area contributed by atoms with Crippen LogP contribution in [0, 0.1) is 11.8 Å². The van der Waals surface area contributed by atoms with Gasteiger partial charge < -0.3 is 10.4 Å². The number of aliphatic hydroxyl groups excluding tert-OH is 1. The van der Waals surface area contributed by atoms with Crippen molar-refractivity contribution < 1.29 is 9.90 Å². The molecule has 0 spiro atoms. The molecule has 1 unspecified atom stereocenters. The molecule has 2 aromatic rings. The zero-order valence-electron chi connectivity index (χ0n) is 11.8. The van der Waals surface area contributed by atoms with Crippen LogP contribution in [0.5, 0.6) is 0 Å². The Labute approximate surface area is 123 Å². The molecule has 5 nitrogen and oxygen atoms in total. The molecule has 1 atom stereocenters. The third-order valence-electron chi connectivity index (χ3n) is 2.99. The van der Waals surface area contributed by atoms with Crippen molar-refractivity contribution in [1.82, 2.24) is 15.5 Å². The summed E-state index contributed by atoms with van der Waals surface area (Å²) in [4.78, 5) is 11.9. The van der Waals surface area contributed by atoms with Gasteiger partial charge in [-0.25, -0.2) is 0 Å². The molecule has 21 heavy (non-hydrogen) atoms. The maximum Gasteiger partial charge on any atom is 0.254 e. The van der Waals surface area contributed by atoms with E-state index in [0.29, 0.717) is 12.0 Å². The van der Waals surface area contributed by atoms with E-state index in [1.165, 1.54) is 6.20 Å². The molecule has 1 aromatic carbocycles. The van der Waals surface area contributed by atoms with Gasteiger partial charge >= 0.3 is 0 Å². The van der Waals surface area contributed by atoms with Gasteiger partial charge in [0.15, 0.2) is 0 Å². The molecule has 0 aliphatic carbocycles. The Morgan fingerprint density at radius 2 is 2.19 bits per heavy atom. The minimum atomic E-state index is -0.164. The second-order valence-corrected chi connectivity index (χ2v) is 4.58. The minimum Gasteiger partial charge on any atom is -0.395 e. The Kier molecular flexibility index (Phi) is 5.13. The number of hydrogen-bond acceptors (Lipinski definition) is 3. The standard InChI is InChI=1S/C16H17N3O2/c1-12(19-16(21)15-10-17-18-11-15)14-7-5-13(6-8-14)4-2-3-9-20/h5-8,10-12,20H,3,9H2,1H3,(H,17,18)(H,19,21). The first-order valence-electron chi connectivity index (χ1n) is 6.70. The van der Waals surface area contributed by atoms with E-state index in [0.717, 1.165) is 11.1 Å². The first-order valence-corrected chi connectivity index (χ1v) is 6.70. The number of aliphatic hydroxyl groups is 1. The summed E-state index contributed by atoms with van der Waals surface area (Å²) in [5, 5.41) is 17.9. The Hall–Kier alpha value is -2.58. The maximum absolute atomic E-state index is 11.9. The van der Waals surface area contributed by atoms with Gasteiger partial charge in [-0.15, -0.1) is 0 Å². The fourth-order valence-corrected chi connectivity index (χ4v) is 1.81. The normalized spacial score (nSPS) is 11.3. The molecular formula is C16H17N3O2. The van der Waals surface area contributed by atoms with Crippen LogP contribution in [0.15, 0.2) is 36.7 Å². The lowest BCUT2D eigenvalue weighted by molar-refractivity contribution is 0.0940. The van der Waals surface area contributed by atoms with Gasteiger partial charge in [0.1, 0.15) is 0 Å². The quantitative estimate of drug-likeness (QED) is 0.746. The number of benzene rings is 1. The summed E-state index contributed by atoms with van der Waals surface area (Å²) >= 11 is 0. The van der Waals surface area contributed by atoms with Crippen LogP contribution in [0.25, 0.3) is 0 Å². The lowest BCUT2D eigenvalue weighted by Gasteiger charge is -2.13. The number of rotatable bonds is 4. The lowest BCUT2D eigenvalue weighted by Crippen LogP contribution is -2.26. The van der Waals surface area contributed by atoms with Crippen LogP contribution in [-0.2, 0) is 0 Å². The van der Waals surface area contributed by atoms with E-state index in [4.69, 9.17) is 5.11 Å². The number of carbonyl (C=O) groups excluding carboxylic acids is 1. The first kappa shape index (κ1) is 14.8. The summed E-state index contributed by atoms with van der Waals surface area (Å²) in [6.07, 6.45) is 3.52. The lowest BCUT2D eigenvalue weighted by atomic mass is 10.1. The topological polar surface area (TPSA) is 78.0 Å². The van der Waals surface area contributed by atoms with Crippen molar-refractivity contribution >= 4 is 5.91 Å². The SMILES string of the molecule is CC(NC(=O)c1cn[nH]c1)c1ccc(C#CCCO)cc1. The number of nitrogens with zero attached hydrogens (tertiary/aromatic N) is 1. The fourth-order valence-electron chi connectivity index (χ4n) is 1.81. The minimum absolute atomic E-state index is 0.0716. The molecule has 0 aliphatic rings. The summed E-state index contributed by atoms with van der Waals surface area (Å²) in [5.74, 6) is 5.67. The van der Waals surface area contributed by atoms with E-state index in [1.54, 1.807) is 6.20 Å². The van der Waals surface area contributed by atoms with Gasteiger partial charge in [-0.2, -0.15) is 5.10 Å². The molecule has 108 valence electrons. The van der Waals surface area contributed by atoms with Gasteiger partial charge in [-0.05, 0) is 24.6 Å². The van der Waals surface area contributed by atoms with Crippen LogP contribution in [0.2, 0.25) is 0 Å². The number of nitrogens with one attached hydrogen (secondary N) is 2. The van der Waals surface area contributed by atoms with Crippen LogP contribution in [-0.4, -0.2) is 27.8 Å². The van der Waals surface area contributed by atoms with E-state index < -0.39 is 0 Å².